The number of aliphatic hydroxyl groups excluding tert-OH is 1. The van der Waals surface area contributed by atoms with E-state index >= 15 is 0 Å². The molecule has 4 nitrogen and oxygen atoms in total. The first-order valence-electron chi connectivity index (χ1n) is 4.84. The maximum Gasteiger partial charge on any atom is 0.157 e. The van der Waals surface area contributed by atoms with Gasteiger partial charge in [-0.3, -0.25) is 0 Å². The van der Waals surface area contributed by atoms with Crippen molar-refractivity contribution in [3.05, 3.63) is 42.5 Å². The van der Waals surface area contributed by atoms with Gasteiger partial charge < -0.3 is 9.84 Å². The maximum atomic E-state index is 12.7. The Bertz CT molecular complexity index is 453. The summed E-state index contributed by atoms with van der Waals surface area (Å²) in [6.45, 7) is 0.191. The Morgan fingerprint density at radius 2 is 2.06 bits per heavy atom. The number of halogens is 1. The second kappa shape index (κ2) is 4.76. The predicted molar refractivity (Wildman–Crippen MR) is 56.1 cm³/mol. The molecule has 0 atom stereocenters. The summed E-state index contributed by atoms with van der Waals surface area (Å²) in [6.07, 6.45) is 3.21. The van der Waals surface area contributed by atoms with Gasteiger partial charge in [0.05, 0.1) is 24.7 Å². The van der Waals surface area contributed by atoms with Crippen LogP contribution >= 0.6 is 0 Å². The van der Waals surface area contributed by atoms with Gasteiger partial charge in [-0.2, -0.15) is 5.10 Å². The Morgan fingerprint density at radius 1 is 1.31 bits per heavy atom. The molecule has 84 valence electrons. The molecule has 16 heavy (non-hydrogen) atoms. The summed E-state index contributed by atoms with van der Waals surface area (Å²) in [5.74, 6) is 0.283. The molecule has 1 aromatic carbocycles. The number of aromatic nitrogens is 2. The molecule has 5 heteroatoms. The van der Waals surface area contributed by atoms with E-state index in [0.717, 1.165) is 5.69 Å². The number of benzene rings is 1. The normalized spacial score (nSPS) is 10.4. The van der Waals surface area contributed by atoms with Gasteiger partial charge in [0, 0.05) is 0 Å². The molecule has 1 heterocycles. The first-order valence-corrected chi connectivity index (χ1v) is 4.84. The lowest BCUT2D eigenvalue weighted by atomic mass is 10.3. The summed E-state index contributed by atoms with van der Waals surface area (Å²) in [5, 5.41) is 12.6. The Balaban J connectivity index is 2.15. The van der Waals surface area contributed by atoms with Gasteiger partial charge in [-0.05, 0) is 24.3 Å². The molecule has 0 aliphatic heterocycles. The molecule has 0 fully saturated rings. The van der Waals surface area contributed by atoms with E-state index in [4.69, 9.17) is 9.84 Å². The van der Waals surface area contributed by atoms with Crippen LogP contribution in [0.1, 0.15) is 0 Å². The third kappa shape index (κ3) is 2.38. The van der Waals surface area contributed by atoms with Gasteiger partial charge in [0.15, 0.2) is 5.75 Å². The molecule has 0 radical (unpaired) electrons. The number of aliphatic hydroxyl groups is 1. The molecular formula is C11H11FN2O2. The van der Waals surface area contributed by atoms with Crippen molar-refractivity contribution in [1.82, 2.24) is 9.78 Å². The standard InChI is InChI=1S/C11H11FN2O2/c12-9-1-3-10(4-2-9)14-8-11(7-13-14)16-6-5-15/h1-4,7-8,15H,5-6H2. The highest BCUT2D eigenvalue weighted by molar-refractivity contribution is 5.32. The summed E-state index contributed by atoms with van der Waals surface area (Å²) in [5.41, 5.74) is 0.750. The average Bonchev–Trinajstić information content (AvgIpc) is 2.76. The van der Waals surface area contributed by atoms with Gasteiger partial charge in [-0.25, -0.2) is 9.07 Å². The Kier molecular flexibility index (Phi) is 3.16. The topological polar surface area (TPSA) is 47.3 Å². The van der Waals surface area contributed by atoms with Crippen LogP contribution in [-0.4, -0.2) is 28.1 Å². The molecule has 2 aromatic rings. The summed E-state index contributed by atoms with van der Waals surface area (Å²) in [7, 11) is 0. The molecule has 0 amide bonds. The predicted octanol–water partition coefficient (Wildman–Crippen LogP) is 1.38. The Morgan fingerprint density at radius 3 is 2.75 bits per heavy atom. The third-order valence-electron chi connectivity index (χ3n) is 2.01. The van der Waals surface area contributed by atoms with Crippen molar-refractivity contribution in [3.63, 3.8) is 0 Å². The molecule has 0 bridgehead atoms. The zero-order valence-electron chi connectivity index (χ0n) is 8.51. The van der Waals surface area contributed by atoms with Gasteiger partial charge in [0.1, 0.15) is 12.4 Å². The van der Waals surface area contributed by atoms with E-state index < -0.39 is 0 Å². The number of ether oxygens (including phenoxy) is 1. The van der Waals surface area contributed by atoms with Gasteiger partial charge in [-0.15, -0.1) is 0 Å². The smallest absolute Gasteiger partial charge is 0.157 e. The number of nitrogens with zero attached hydrogens (tertiary/aromatic N) is 2. The first-order chi connectivity index (χ1) is 7.79. The first kappa shape index (κ1) is 10.6. The van der Waals surface area contributed by atoms with Crippen molar-refractivity contribution in [1.29, 1.82) is 0 Å². The lowest BCUT2D eigenvalue weighted by Crippen LogP contribution is -2.00. The minimum absolute atomic E-state index is 0.0400. The zero-order chi connectivity index (χ0) is 11.4. The van der Waals surface area contributed by atoms with Crippen molar-refractivity contribution in [2.45, 2.75) is 0 Å². The van der Waals surface area contributed by atoms with Crippen LogP contribution in [0.15, 0.2) is 36.7 Å². The van der Waals surface area contributed by atoms with Crippen LogP contribution in [0.3, 0.4) is 0 Å². The van der Waals surface area contributed by atoms with Crippen molar-refractivity contribution in [3.8, 4) is 11.4 Å². The van der Waals surface area contributed by atoms with Crippen molar-refractivity contribution < 1.29 is 14.2 Å². The maximum absolute atomic E-state index is 12.7. The largest absolute Gasteiger partial charge is 0.488 e. The monoisotopic (exact) mass is 222 g/mol. The summed E-state index contributed by atoms with van der Waals surface area (Å²) >= 11 is 0. The molecule has 0 saturated heterocycles. The van der Waals surface area contributed by atoms with Crippen LogP contribution in [-0.2, 0) is 0 Å². The molecule has 0 aliphatic rings. The van der Waals surface area contributed by atoms with Crippen molar-refractivity contribution in [2.24, 2.45) is 0 Å². The average molecular weight is 222 g/mol. The van der Waals surface area contributed by atoms with Crippen LogP contribution in [0.2, 0.25) is 0 Å². The fraction of sp³-hybridized carbons (Fsp3) is 0.182. The van der Waals surface area contributed by atoms with Gasteiger partial charge in [-0.1, -0.05) is 0 Å². The van der Waals surface area contributed by atoms with Gasteiger partial charge in [0.2, 0.25) is 0 Å². The van der Waals surface area contributed by atoms with Crippen LogP contribution in [0.5, 0.6) is 5.75 Å². The minimum atomic E-state index is -0.285. The van der Waals surface area contributed by atoms with Crippen LogP contribution in [0, 0.1) is 5.82 Å². The molecule has 0 saturated carbocycles. The molecular weight excluding hydrogens is 211 g/mol. The second-order valence-electron chi connectivity index (χ2n) is 3.17. The SMILES string of the molecule is OCCOc1cnn(-c2ccc(F)cc2)c1. The fourth-order valence-electron chi connectivity index (χ4n) is 1.28. The van der Waals surface area contributed by atoms with E-state index in [9.17, 15) is 4.39 Å². The van der Waals surface area contributed by atoms with E-state index in [0.29, 0.717) is 5.75 Å². The second-order valence-corrected chi connectivity index (χ2v) is 3.17. The summed E-state index contributed by atoms with van der Waals surface area (Å²) in [6, 6.07) is 5.98. The Hall–Kier alpha value is -1.88. The quantitative estimate of drug-likeness (QED) is 0.850. The van der Waals surface area contributed by atoms with Crippen LogP contribution < -0.4 is 4.74 Å². The fourth-order valence-corrected chi connectivity index (χ4v) is 1.28. The van der Waals surface area contributed by atoms with E-state index in [1.165, 1.54) is 12.1 Å². The highest BCUT2D eigenvalue weighted by Crippen LogP contribution is 2.13. The van der Waals surface area contributed by atoms with Gasteiger partial charge >= 0.3 is 0 Å². The lowest BCUT2D eigenvalue weighted by molar-refractivity contribution is 0.201. The summed E-state index contributed by atoms with van der Waals surface area (Å²) < 4.78 is 19.4. The zero-order valence-corrected chi connectivity index (χ0v) is 8.51. The van der Waals surface area contributed by atoms with Crippen LogP contribution in [0.4, 0.5) is 4.39 Å². The van der Waals surface area contributed by atoms with E-state index in [1.807, 2.05) is 0 Å². The summed E-state index contributed by atoms with van der Waals surface area (Å²) in [4.78, 5) is 0. The highest BCUT2D eigenvalue weighted by atomic mass is 19.1. The van der Waals surface area contributed by atoms with Crippen molar-refractivity contribution in [2.75, 3.05) is 13.2 Å². The molecule has 0 aliphatic carbocycles. The molecule has 1 N–H and O–H groups in total. The van der Waals surface area contributed by atoms with Crippen LogP contribution in [0.25, 0.3) is 5.69 Å². The number of rotatable bonds is 4. The molecule has 1 aromatic heterocycles. The molecule has 0 unspecified atom stereocenters. The highest BCUT2D eigenvalue weighted by Gasteiger charge is 2.01. The van der Waals surface area contributed by atoms with E-state index in [-0.39, 0.29) is 19.0 Å². The van der Waals surface area contributed by atoms with E-state index in [2.05, 4.69) is 5.10 Å². The third-order valence-corrected chi connectivity index (χ3v) is 2.01. The van der Waals surface area contributed by atoms with E-state index in [1.54, 1.807) is 29.2 Å². The van der Waals surface area contributed by atoms with Crippen molar-refractivity contribution >= 4 is 0 Å². The number of hydrogen-bond donors (Lipinski definition) is 1. The minimum Gasteiger partial charge on any atom is -0.488 e. The number of hydrogen-bond acceptors (Lipinski definition) is 3. The lowest BCUT2D eigenvalue weighted by Gasteiger charge is -2.00. The van der Waals surface area contributed by atoms with Gasteiger partial charge in [0.25, 0.3) is 0 Å². The molecule has 2 rings (SSSR count). The Labute approximate surface area is 91.9 Å². The molecule has 0 spiro atoms.